The van der Waals surface area contributed by atoms with Crippen LogP contribution in [0.15, 0.2) is 24.3 Å². The van der Waals surface area contributed by atoms with E-state index in [4.69, 9.17) is 0 Å². The van der Waals surface area contributed by atoms with Crippen molar-refractivity contribution >= 4 is 23.1 Å². The first kappa shape index (κ1) is 14.1. The van der Waals surface area contributed by atoms with Crippen LogP contribution in [0.1, 0.15) is 32.5 Å². The number of carbonyl (C=O) groups excluding carboxylic acids is 1. The van der Waals surface area contributed by atoms with Crippen molar-refractivity contribution in [1.82, 2.24) is 4.90 Å². The van der Waals surface area contributed by atoms with E-state index in [1.807, 2.05) is 24.3 Å². The number of rotatable bonds is 2. The molecule has 4 nitrogen and oxygen atoms in total. The summed E-state index contributed by atoms with van der Waals surface area (Å²) < 4.78 is 0. The molecule has 2 amide bonds. The molecule has 1 aliphatic heterocycles. The number of aryl methyl sites for hydroxylation is 2. The second-order valence-electron chi connectivity index (χ2n) is 5.49. The lowest BCUT2D eigenvalue weighted by molar-refractivity contribution is 0.217. The molecule has 0 radical (unpaired) electrons. The van der Waals surface area contributed by atoms with Crippen LogP contribution < -0.4 is 5.32 Å². The fraction of sp³-hybridized carbons (Fsp3) is 0.312. The number of nitrogens with zero attached hydrogens (tertiary/aromatic N) is 1. The topological polar surface area (TPSA) is 52.6 Å². The molecule has 5 heteroatoms. The number of fused-ring (bicyclic) bond motifs is 1. The molecule has 2 heterocycles. The van der Waals surface area contributed by atoms with Gasteiger partial charge in [0.2, 0.25) is 0 Å². The Morgan fingerprint density at radius 3 is 2.76 bits per heavy atom. The van der Waals surface area contributed by atoms with Gasteiger partial charge in [-0.15, -0.1) is 11.3 Å². The van der Waals surface area contributed by atoms with Crippen molar-refractivity contribution in [2.45, 2.75) is 26.5 Å². The van der Waals surface area contributed by atoms with Crippen LogP contribution in [0.4, 0.5) is 10.5 Å². The summed E-state index contributed by atoms with van der Waals surface area (Å²) in [6, 6.07) is 7.66. The maximum Gasteiger partial charge on any atom is 0.321 e. The second-order valence-corrected chi connectivity index (χ2v) is 6.78. The molecular weight excluding hydrogens is 284 g/mol. The first-order valence-electron chi connectivity index (χ1n) is 6.85. The first-order valence-corrected chi connectivity index (χ1v) is 7.67. The molecule has 1 aromatic carbocycles. The van der Waals surface area contributed by atoms with E-state index in [9.17, 15) is 9.90 Å². The Morgan fingerprint density at radius 1 is 1.33 bits per heavy atom. The first-order chi connectivity index (χ1) is 9.95. The van der Waals surface area contributed by atoms with E-state index in [2.05, 4.69) is 19.2 Å². The molecular formula is C16H18N2O2S. The third-order valence-corrected chi connectivity index (χ3v) is 5.10. The molecule has 1 atom stereocenters. The Labute approximate surface area is 128 Å². The van der Waals surface area contributed by atoms with E-state index in [1.165, 1.54) is 10.4 Å². The Kier molecular flexibility index (Phi) is 3.47. The van der Waals surface area contributed by atoms with Crippen LogP contribution in [0.3, 0.4) is 0 Å². The molecule has 0 aliphatic carbocycles. The number of hydrogen-bond donors (Lipinski definition) is 2. The highest BCUT2D eigenvalue weighted by Crippen LogP contribution is 2.33. The van der Waals surface area contributed by atoms with E-state index in [-0.39, 0.29) is 6.03 Å². The lowest BCUT2D eigenvalue weighted by Gasteiger charge is -2.26. The van der Waals surface area contributed by atoms with Gasteiger partial charge in [0, 0.05) is 29.0 Å². The van der Waals surface area contributed by atoms with E-state index in [0.717, 1.165) is 21.7 Å². The summed E-state index contributed by atoms with van der Waals surface area (Å²) in [5.41, 5.74) is 3.92. The van der Waals surface area contributed by atoms with Gasteiger partial charge in [0.15, 0.2) is 0 Å². The zero-order chi connectivity index (χ0) is 15.1. The Hall–Kier alpha value is -1.85. The van der Waals surface area contributed by atoms with E-state index in [1.54, 1.807) is 23.3 Å². The minimum Gasteiger partial charge on any atom is -0.383 e. The summed E-state index contributed by atoms with van der Waals surface area (Å²) in [4.78, 5) is 15.4. The van der Waals surface area contributed by atoms with Gasteiger partial charge in [-0.3, -0.25) is 0 Å². The van der Waals surface area contributed by atoms with Gasteiger partial charge < -0.3 is 15.3 Å². The molecule has 2 aromatic rings. The molecule has 1 unspecified atom stereocenters. The summed E-state index contributed by atoms with van der Waals surface area (Å²) in [6.07, 6.45) is -0.615. The molecule has 2 N–H and O–H groups in total. The van der Waals surface area contributed by atoms with Crippen molar-refractivity contribution in [1.29, 1.82) is 0 Å². The van der Waals surface area contributed by atoms with Crippen molar-refractivity contribution in [2.24, 2.45) is 0 Å². The molecule has 110 valence electrons. The number of aliphatic hydroxyl groups is 1. The van der Waals surface area contributed by atoms with Crippen molar-refractivity contribution in [3.8, 4) is 0 Å². The van der Waals surface area contributed by atoms with Crippen LogP contribution in [0.25, 0.3) is 0 Å². The number of benzene rings is 1. The summed E-state index contributed by atoms with van der Waals surface area (Å²) in [7, 11) is 1.76. The van der Waals surface area contributed by atoms with Crippen LogP contribution in [-0.2, 0) is 6.54 Å². The normalized spacial score (nSPS) is 15.6. The van der Waals surface area contributed by atoms with Gasteiger partial charge in [-0.2, -0.15) is 0 Å². The Bertz CT molecular complexity index is 689. The van der Waals surface area contributed by atoms with Gasteiger partial charge in [0.05, 0.1) is 0 Å². The molecule has 0 saturated carbocycles. The monoisotopic (exact) mass is 302 g/mol. The third kappa shape index (κ3) is 2.54. The quantitative estimate of drug-likeness (QED) is 0.893. The molecule has 0 saturated heterocycles. The fourth-order valence-corrected chi connectivity index (χ4v) is 3.53. The number of urea groups is 1. The second kappa shape index (κ2) is 5.16. The van der Waals surface area contributed by atoms with E-state index in [0.29, 0.717) is 6.54 Å². The molecule has 21 heavy (non-hydrogen) atoms. The standard InChI is InChI=1S/C16H18N2O2S/c1-9-6-14(21-10(9)2)15(19)11-4-5-13-12(7-11)8-18(3)16(20)17-13/h4-7,15,19H,8H2,1-3H3,(H,17,20). The fourth-order valence-electron chi connectivity index (χ4n) is 2.48. The maximum absolute atomic E-state index is 11.6. The SMILES string of the molecule is Cc1cc(C(O)c2ccc3c(c2)CN(C)C(=O)N3)sc1C. The molecule has 3 rings (SSSR count). The van der Waals surface area contributed by atoms with Crippen LogP contribution >= 0.6 is 11.3 Å². The molecule has 1 aromatic heterocycles. The highest BCUT2D eigenvalue weighted by molar-refractivity contribution is 7.12. The maximum atomic E-state index is 11.6. The van der Waals surface area contributed by atoms with Gasteiger partial charge in [-0.1, -0.05) is 6.07 Å². The number of carbonyl (C=O) groups is 1. The summed E-state index contributed by atoms with van der Waals surface area (Å²) in [5, 5.41) is 13.4. The molecule has 0 spiro atoms. The number of aliphatic hydroxyl groups excluding tert-OH is 1. The van der Waals surface area contributed by atoms with Gasteiger partial charge in [0.1, 0.15) is 6.10 Å². The molecule has 1 aliphatic rings. The summed E-state index contributed by atoms with van der Waals surface area (Å²) >= 11 is 1.63. The minimum absolute atomic E-state index is 0.0969. The highest BCUT2D eigenvalue weighted by atomic mass is 32.1. The van der Waals surface area contributed by atoms with Gasteiger partial charge in [-0.05, 0) is 48.7 Å². The molecule has 0 fully saturated rings. The Balaban J connectivity index is 1.93. The van der Waals surface area contributed by atoms with Gasteiger partial charge >= 0.3 is 6.03 Å². The number of hydrogen-bond acceptors (Lipinski definition) is 3. The van der Waals surface area contributed by atoms with Crippen LogP contribution in [0, 0.1) is 13.8 Å². The largest absolute Gasteiger partial charge is 0.383 e. The minimum atomic E-state index is -0.615. The van der Waals surface area contributed by atoms with Gasteiger partial charge in [-0.25, -0.2) is 4.79 Å². The average molecular weight is 302 g/mol. The van der Waals surface area contributed by atoms with E-state index >= 15 is 0 Å². The number of nitrogens with one attached hydrogen (secondary N) is 1. The van der Waals surface area contributed by atoms with E-state index < -0.39 is 6.10 Å². The third-order valence-electron chi connectivity index (χ3n) is 3.90. The van der Waals surface area contributed by atoms with Crippen LogP contribution in [0.5, 0.6) is 0 Å². The number of anilines is 1. The summed E-state index contributed by atoms with van der Waals surface area (Å²) in [6.45, 7) is 4.68. The summed E-state index contributed by atoms with van der Waals surface area (Å²) in [5.74, 6) is 0. The van der Waals surface area contributed by atoms with Crippen molar-refractivity contribution in [3.63, 3.8) is 0 Å². The van der Waals surface area contributed by atoms with Crippen molar-refractivity contribution in [2.75, 3.05) is 12.4 Å². The van der Waals surface area contributed by atoms with Crippen molar-refractivity contribution in [3.05, 3.63) is 50.7 Å². The van der Waals surface area contributed by atoms with Crippen LogP contribution in [-0.4, -0.2) is 23.1 Å². The predicted octanol–water partition coefficient (Wildman–Crippen LogP) is 3.42. The number of amides is 2. The lowest BCUT2D eigenvalue weighted by Crippen LogP contribution is -2.35. The molecule has 0 bridgehead atoms. The predicted molar refractivity (Wildman–Crippen MR) is 84.8 cm³/mol. The van der Waals surface area contributed by atoms with Gasteiger partial charge in [0.25, 0.3) is 0 Å². The average Bonchev–Trinajstić information content (AvgIpc) is 2.79. The lowest BCUT2D eigenvalue weighted by atomic mass is 10.0. The smallest absolute Gasteiger partial charge is 0.321 e. The van der Waals surface area contributed by atoms with Crippen molar-refractivity contribution < 1.29 is 9.90 Å². The number of thiophene rings is 1. The Morgan fingerprint density at radius 2 is 2.10 bits per heavy atom. The zero-order valence-electron chi connectivity index (χ0n) is 12.3. The zero-order valence-corrected chi connectivity index (χ0v) is 13.1. The van der Waals surface area contributed by atoms with Crippen LogP contribution in [0.2, 0.25) is 0 Å². The highest BCUT2D eigenvalue weighted by Gasteiger charge is 2.21.